The van der Waals surface area contributed by atoms with Gasteiger partial charge in [-0.2, -0.15) is 0 Å². The maximum absolute atomic E-state index is 13.8. The normalized spacial score (nSPS) is 22.9. The van der Waals surface area contributed by atoms with Gasteiger partial charge in [-0.15, -0.1) is 0 Å². The van der Waals surface area contributed by atoms with Crippen LogP contribution in [0.5, 0.6) is 0 Å². The lowest BCUT2D eigenvalue weighted by atomic mass is 10.2. The van der Waals surface area contributed by atoms with E-state index in [4.69, 9.17) is 14.2 Å². The second kappa shape index (κ2) is 6.07. The van der Waals surface area contributed by atoms with Crippen molar-refractivity contribution in [2.45, 2.75) is 65.0 Å². The summed E-state index contributed by atoms with van der Waals surface area (Å²) in [6, 6.07) is 0. The number of hydrogen-bond acceptors (Lipinski definition) is 5. The van der Waals surface area contributed by atoms with Crippen LogP contribution in [0.25, 0.3) is 0 Å². The smallest absolute Gasteiger partial charge is 0.444 e. The third-order valence-corrected chi connectivity index (χ3v) is 2.49. The summed E-state index contributed by atoms with van der Waals surface area (Å²) in [6.07, 6.45) is -4.06. The summed E-state index contributed by atoms with van der Waals surface area (Å²) in [5.74, 6) is 0. The van der Waals surface area contributed by atoms with E-state index in [1.807, 2.05) is 0 Å². The molecule has 0 spiro atoms. The highest BCUT2D eigenvalue weighted by atomic mass is 19.1. The number of ether oxygens (including phenoxy) is 3. The third kappa shape index (κ3) is 6.18. The summed E-state index contributed by atoms with van der Waals surface area (Å²) in [6.45, 7) is 10.0. The van der Waals surface area contributed by atoms with Crippen LogP contribution in [-0.2, 0) is 14.2 Å². The molecule has 0 aromatic rings. The molecule has 0 aromatic carbocycles. The molecular weight excluding hydrogens is 281 g/mol. The average molecular weight is 305 g/mol. The average Bonchev–Trinajstić information content (AvgIpc) is 2.54. The maximum atomic E-state index is 13.8. The minimum Gasteiger partial charge on any atom is -0.444 e. The fourth-order valence-corrected chi connectivity index (χ4v) is 1.72. The van der Waals surface area contributed by atoms with Crippen LogP contribution in [0.4, 0.5) is 14.0 Å². The van der Waals surface area contributed by atoms with Crippen molar-refractivity contribution in [2.75, 3.05) is 13.1 Å². The SMILES string of the molecule is CC(C)(C)OC(=O)O[C@@H]1CN(C(=O)OC(C)(C)C)C[C@H]1F. The fourth-order valence-electron chi connectivity index (χ4n) is 1.72. The Labute approximate surface area is 124 Å². The number of halogens is 1. The number of nitrogens with zero attached hydrogens (tertiary/aromatic N) is 1. The molecule has 0 aromatic heterocycles. The third-order valence-electron chi connectivity index (χ3n) is 2.49. The molecule has 1 saturated heterocycles. The van der Waals surface area contributed by atoms with Crippen LogP contribution in [0.3, 0.4) is 0 Å². The minimum absolute atomic E-state index is 0.0463. The van der Waals surface area contributed by atoms with Crippen LogP contribution in [0.1, 0.15) is 41.5 Å². The summed E-state index contributed by atoms with van der Waals surface area (Å²) in [7, 11) is 0. The second-order valence-electron chi connectivity index (χ2n) is 7.02. The summed E-state index contributed by atoms with van der Waals surface area (Å²) in [5, 5.41) is 0. The Hall–Kier alpha value is -1.53. The lowest BCUT2D eigenvalue weighted by Gasteiger charge is -2.24. The van der Waals surface area contributed by atoms with Crippen molar-refractivity contribution in [3.8, 4) is 0 Å². The Kier molecular flexibility index (Phi) is 5.07. The summed E-state index contributed by atoms with van der Waals surface area (Å²) in [5.41, 5.74) is -1.38. The first kappa shape index (κ1) is 17.5. The van der Waals surface area contributed by atoms with Gasteiger partial charge in [-0.05, 0) is 41.5 Å². The van der Waals surface area contributed by atoms with Gasteiger partial charge in [0.05, 0.1) is 13.1 Å². The topological polar surface area (TPSA) is 65.1 Å². The molecule has 0 N–H and O–H groups in total. The van der Waals surface area contributed by atoms with E-state index in [1.165, 1.54) is 4.90 Å². The van der Waals surface area contributed by atoms with Crippen LogP contribution in [0, 0.1) is 0 Å². The number of carbonyl (C=O) groups is 2. The predicted octanol–water partition coefficient (Wildman–Crippen LogP) is 2.90. The molecule has 1 amide bonds. The highest BCUT2D eigenvalue weighted by Gasteiger charge is 2.40. The first-order valence-electron chi connectivity index (χ1n) is 6.89. The zero-order valence-corrected chi connectivity index (χ0v) is 13.4. The van der Waals surface area contributed by atoms with E-state index in [0.717, 1.165) is 0 Å². The molecule has 7 heteroatoms. The largest absolute Gasteiger partial charge is 0.509 e. The number of rotatable bonds is 1. The Morgan fingerprint density at radius 2 is 1.52 bits per heavy atom. The molecule has 0 aliphatic carbocycles. The van der Waals surface area contributed by atoms with Gasteiger partial charge >= 0.3 is 12.2 Å². The predicted molar refractivity (Wildman–Crippen MR) is 73.8 cm³/mol. The molecule has 0 unspecified atom stereocenters. The molecule has 1 heterocycles. The second-order valence-corrected chi connectivity index (χ2v) is 7.02. The molecule has 1 fully saturated rings. The van der Waals surface area contributed by atoms with Crippen molar-refractivity contribution in [1.29, 1.82) is 0 Å². The molecule has 21 heavy (non-hydrogen) atoms. The molecule has 1 rings (SSSR count). The van der Waals surface area contributed by atoms with Crippen LogP contribution in [0.15, 0.2) is 0 Å². The molecule has 1 aliphatic heterocycles. The summed E-state index contributed by atoms with van der Waals surface area (Å²) in [4.78, 5) is 24.5. The molecular formula is C14H24FNO5. The quantitative estimate of drug-likeness (QED) is 0.697. The monoisotopic (exact) mass is 305 g/mol. The Bertz CT molecular complexity index is 399. The van der Waals surface area contributed by atoms with E-state index >= 15 is 0 Å². The van der Waals surface area contributed by atoms with Crippen LogP contribution in [-0.4, -0.2) is 53.7 Å². The maximum Gasteiger partial charge on any atom is 0.509 e. The van der Waals surface area contributed by atoms with Gasteiger partial charge in [0.1, 0.15) is 11.2 Å². The molecule has 0 radical (unpaired) electrons. The fraction of sp³-hybridized carbons (Fsp3) is 0.857. The summed E-state index contributed by atoms with van der Waals surface area (Å²) < 4.78 is 28.9. The van der Waals surface area contributed by atoms with Crippen molar-refractivity contribution in [1.82, 2.24) is 4.90 Å². The zero-order valence-electron chi connectivity index (χ0n) is 13.4. The molecule has 0 saturated carbocycles. The van der Waals surface area contributed by atoms with Gasteiger partial charge in [0.2, 0.25) is 0 Å². The highest BCUT2D eigenvalue weighted by Crippen LogP contribution is 2.21. The van der Waals surface area contributed by atoms with E-state index < -0.39 is 35.7 Å². The van der Waals surface area contributed by atoms with Gasteiger partial charge in [-0.1, -0.05) is 0 Å². The highest BCUT2D eigenvalue weighted by molar-refractivity contribution is 5.69. The van der Waals surface area contributed by atoms with E-state index in [-0.39, 0.29) is 13.1 Å². The molecule has 122 valence electrons. The van der Waals surface area contributed by atoms with Gasteiger partial charge < -0.3 is 19.1 Å². The van der Waals surface area contributed by atoms with Gasteiger partial charge in [-0.3, -0.25) is 0 Å². The molecule has 6 nitrogen and oxygen atoms in total. The van der Waals surface area contributed by atoms with Gasteiger partial charge in [0.15, 0.2) is 12.3 Å². The lowest BCUT2D eigenvalue weighted by molar-refractivity contribution is -0.0357. The molecule has 1 aliphatic rings. The zero-order chi connectivity index (χ0) is 16.4. The number of amides is 1. The van der Waals surface area contributed by atoms with Gasteiger partial charge in [-0.25, -0.2) is 14.0 Å². The van der Waals surface area contributed by atoms with Crippen molar-refractivity contribution < 1.29 is 28.2 Å². The molecule has 0 bridgehead atoms. The van der Waals surface area contributed by atoms with E-state index in [9.17, 15) is 14.0 Å². The number of likely N-dealkylation sites (tertiary alicyclic amines) is 1. The Morgan fingerprint density at radius 1 is 1.00 bits per heavy atom. The first-order chi connectivity index (χ1) is 9.37. The van der Waals surface area contributed by atoms with Gasteiger partial charge in [0.25, 0.3) is 0 Å². The standard InChI is InChI=1S/C14H24FNO5/c1-13(2,3)20-11(17)16-7-9(15)10(8-16)19-12(18)21-14(4,5)6/h9-10H,7-8H2,1-6H3/t9-,10-/m1/s1. The first-order valence-corrected chi connectivity index (χ1v) is 6.89. The number of alkyl halides is 1. The van der Waals surface area contributed by atoms with Crippen LogP contribution < -0.4 is 0 Å². The number of carbonyl (C=O) groups excluding carboxylic acids is 2. The Balaban J connectivity index is 2.53. The number of hydrogen-bond donors (Lipinski definition) is 0. The minimum atomic E-state index is -1.45. The molecule has 2 atom stereocenters. The van der Waals surface area contributed by atoms with E-state index in [1.54, 1.807) is 41.5 Å². The Morgan fingerprint density at radius 3 is 2.00 bits per heavy atom. The van der Waals surface area contributed by atoms with Crippen molar-refractivity contribution >= 4 is 12.2 Å². The van der Waals surface area contributed by atoms with Crippen molar-refractivity contribution in [3.63, 3.8) is 0 Å². The van der Waals surface area contributed by atoms with Crippen molar-refractivity contribution in [2.24, 2.45) is 0 Å². The van der Waals surface area contributed by atoms with Crippen LogP contribution in [0.2, 0.25) is 0 Å². The lowest BCUT2D eigenvalue weighted by Crippen LogP contribution is -2.36. The van der Waals surface area contributed by atoms with Crippen molar-refractivity contribution in [3.05, 3.63) is 0 Å². The van der Waals surface area contributed by atoms with E-state index in [0.29, 0.717) is 0 Å². The summed E-state index contributed by atoms with van der Waals surface area (Å²) >= 11 is 0. The van der Waals surface area contributed by atoms with Gasteiger partial charge in [0, 0.05) is 0 Å². The van der Waals surface area contributed by atoms with Crippen LogP contribution >= 0.6 is 0 Å². The van der Waals surface area contributed by atoms with E-state index in [2.05, 4.69) is 0 Å².